The summed E-state index contributed by atoms with van der Waals surface area (Å²) in [4.78, 5) is 23.8. The Labute approximate surface area is 117 Å². The Morgan fingerprint density at radius 1 is 0.900 bits per heavy atom. The zero-order valence-corrected chi connectivity index (χ0v) is 11.9. The summed E-state index contributed by atoms with van der Waals surface area (Å²) in [5, 5.41) is 28.2. The Morgan fingerprint density at radius 3 is 1.50 bits per heavy atom. The summed E-state index contributed by atoms with van der Waals surface area (Å²) in [6, 6.07) is 0. The molecule has 0 spiro atoms. The number of carbonyl (C=O) groups excluding carboxylic acids is 2. The van der Waals surface area contributed by atoms with E-state index in [2.05, 4.69) is 9.47 Å². The summed E-state index contributed by atoms with van der Waals surface area (Å²) in [7, 11) is 2.50. The van der Waals surface area contributed by atoms with Crippen LogP contribution in [0.15, 0.2) is 0 Å². The molecule has 20 heavy (non-hydrogen) atoms. The van der Waals surface area contributed by atoms with E-state index in [0.29, 0.717) is 0 Å². The molecule has 0 unspecified atom stereocenters. The zero-order chi connectivity index (χ0) is 15.6. The number of hydrogen-bond donors (Lipinski definition) is 3. The summed E-state index contributed by atoms with van der Waals surface area (Å²) >= 11 is 0. The molecule has 8 nitrogen and oxygen atoms in total. The Balaban J connectivity index is 4.83. The summed E-state index contributed by atoms with van der Waals surface area (Å²) in [5.74, 6) is -0.924. The number of aliphatic hydroxyl groups excluding tert-OH is 3. The van der Waals surface area contributed by atoms with Gasteiger partial charge in [0.05, 0.1) is 52.4 Å². The zero-order valence-electron chi connectivity index (χ0n) is 11.9. The van der Waals surface area contributed by atoms with Gasteiger partial charge in [-0.3, -0.25) is 14.5 Å². The van der Waals surface area contributed by atoms with E-state index in [1.807, 2.05) is 0 Å². The molecule has 0 radical (unpaired) electrons. The maximum atomic E-state index is 11.2. The van der Waals surface area contributed by atoms with Crippen molar-refractivity contribution in [1.82, 2.24) is 4.90 Å². The SMILES string of the molecule is COC(=O)CCN(CCC(=O)OC)C(CO)(CO)CO. The number of ether oxygens (including phenoxy) is 2. The van der Waals surface area contributed by atoms with Gasteiger partial charge in [0, 0.05) is 13.1 Å². The van der Waals surface area contributed by atoms with Crippen molar-refractivity contribution in [2.45, 2.75) is 18.4 Å². The van der Waals surface area contributed by atoms with Gasteiger partial charge in [-0.25, -0.2) is 0 Å². The second-order valence-corrected chi connectivity index (χ2v) is 4.34. The van der Waals surface area contributed by atoms with Gasteiger partial charge in [0.15, 0.2) is 0 Å². The molecule has 0 saturated carbocycles. The number of esters is 2. The number of hydrogen-bond acceptors (Lipinski definition) is 8. The third-order valence-corrected chi connectivity index (χ3v) is 3.18. The van der Waals surface area contributed by atoms with E-state index in [0.717, 1.165) is 0 Å². The molecule has 0 aromatic rings. The Hall–Kier alpha value is -1.22. The maximum absolute atomic E-state index is 11.2. The second kappa shape index (κ2) is 9.65. The molecule has 0 aliphatic heterocycles. The number of rotatable bonds is 10. The quantitative estimate of drug-likeness (QED) is 0.401. The van der Waals surface area contributed by atoms with Crippen LogP contribution >= 0.6 is 0 Å². The lowest BCUT2D eigenvalue weighted by Crippen LogP contribution is -2.58. The van der Waals surface area contributed by atoms with E-state index in [1.165, 1.54) is 19.1 Å². The lowest BCUT2D eigenvalue weighted by atomic mass is 9.99. The Bertz CT molecular complexity index is 276. The minimum Gasteiger partial charge on any atom is -0.469 e. The molecule has 0 rings (SSSR count). The lowest BCUT2D eigenvalue weighted by Gasteiger charge is -2.40. The fourth-order valence-corrected chi connectivity index (χ4v) is 1.69. The highest BCUT2D eigenvalue weighted by Crippen LogP contribution is 2.16. The molecular weight excluding hydrogens is 270 g/mol. The molecular formula is C12H23NO7. The van der Waals surface area contributed by atoms with Crippen molar-refractivity contribution < 1.29 is 34.4 Å². The topological polar surface area (TPSA) is 117 Å². The van der Waals surface area contributed by atoms with Gasteiger partial charge >= 0.3 is 11.9 Å². The van der Waals surface area contributed by atoms with Gasteiger partial charge in [-0.2, -0.15) is 0 Å². The first-order valence-electron chi connectivity index (χ1n) is 6.21. The number of methoxy groups -OCH3 is 2. The van der Waals surface area contributed by atoms with Crippen molar-refractivity contribution in [3.05, 3.63) is 0 Å². The number of aliphatic hydroxyl groups is 3. The highest BCUT2D eigenvalue weighted by molar-refractivity contribution is 5.70. The van der Waals surface area contributed by atoms with Crippen LogP contribution in [0.25, 0.3) is 0 Å². The lowest BCUT2D eigenvalue weighted by molar-refractivity contribution is -0.143. The molecule has 0 heterocycles. The summed E-state index contributed by atoms with van der Waals surface area (Å²) in [6.45, 7) is -1.27. The van der Waals surface area contributed by atoms with Crippen molar-refractivity contribution in [3.63, 3.8) is 0 Å². The predicted octanol–water partition coefficient (Wildman–Crippen LogP) is -1.87. The molecule has 0 saturated heterocycles. The van der Waals surface area contributed by atoms with E-state index < -0.39 is 37.3 Å². The van der Waals surface area contributed by atoms with Crippen LogP contribution in [-0.4, -0.2) is 84.8 Å². The van der Waals surface area contributed by atoms with Crippen LogP contribution in [0, 0.1) is 0 Å². The van der Waals surface area contributed by atoms with Crippen molar-refractivity contribution >= 4 is 11.9 Å². The molecule has 118 valence electrons. The molecule has 0 aromatic heterocycles. The van der Waals surface area contributed by atoms with Gasteiger partial charge in [0.1, 0.15) is 0 Å². The second-order valence-electron chi connectivity index (χ2n) is 4.34. The normalized spacial score (nSPS) is 11.5. The van der Waals surface area contributed by atoms with Gasteiger partial charge < -0.3 is 24.8 Å². The molecule has 3 N–H and O–H groups in total. The van der Waals surface area contributed by atoms with Crippen LogP contribution in [0.5, 0.6) is 0 Å². The first-order chi connectivity index (χ1) is 9.49. The minimum absolute atomic E-state index is 0.0133. The van der Waals surface area contributed by atoms with E-state index in [-0.39, 0.29) is 25.9 Å². The standard InChI is InChI=1S/C12H23NO7/c1-19-10(17)3-5-13(6-4-11(18)20-2)12(7-14,8-15)9-16/h14-16H,3-9H2,1-2H3. The minimum atomic E-state index is -1.30. The van der Waals surface area contributed by atoms with Crippen molar-refractivity contribution in [3.8, 4) is 0 Å². The maximum Gasteiger partial charge on any atom is 0.306 e. The average Bonchev–Trinajstić information content (AvgIpc) is 2.50. The van der Waals surface area contributed by atoms with Crippen LogP contribution in [0.2, 0.25) is 0 Å². The molecule has 0 aromatic carbocycles. The van der Waals surface area contributed by atoms with Gasteiger partial charge in [-0.05, 0) is 0 Å². The van der Waals surface area contributed by atoms with Gasteiger partial charge in [-0.1, -0.05) is 0 Å². The fraction of sp³-hybridized carbons (Fsp3) is 0.833. The van der Waals surface area contributed by atoms with E-state index in [9.17, 15) is 24.9 Å². The van der Waals surface area contributed by atoms with Crippen molar-refractivity contribution in [2.75, 3.05) is 47.1 Å². The summed E-state index contributed by atoms with van der Waals surface area (Å²) < 4.78 is 9.03. The highest BCUT2D eigenvalue weighted by Gasteiger charge is 2.35. The molecule has 8 heteroatoms. The fourth-order valence-electron chi connectivity index (χ4n) is 1.69. The molecule has 0 aliphatic rings. The smallest absolute Gasteiger partial charge is 0.306 e. The molecule has 0 aliphatic carbocycles. The highest BCUT2D eigenvalue weighted by atomic mass is 16.5. The number of nitrogens with zero attached hydrogens (tertiary/aromatic N) is 1. The van der Waals surface area contributed by atoms with E-state index in [1.54, 1.807) is 0 Å². The van der Waals surface area contributed by atoms with Crippen molar-refractivity contribution in [2.24, 2.45) is 0 Å². The van der Waals surface area contributed by atoms with Gasteiger partial charge in [-0.15, -0.1) is 0 Å². The van der Waals surface area contributed by atoms with Crippen LogP contribution < -0.4 is 0 Å². The molecule has 0 amide bonds. The molecule has 0 atom stereocenters. The number of carbonyl (C=O) groups is 2. The third kappa shape index (κ3) is 5.41. The van der Waals surface area contributed by atoms with Crippen LogP contribution in [0.1, 0.15) is 12.8 Å². The Kier molecular flexibility index (Phi) is 9.06. The largest absolute Gasteiger partial charge is 0.469 e. The average molecular weight is 293 g/mol. The predicted molar refractivity (Wildman–Crippen MR) is 68.8 cm³/mol. The molecule has 0 fully saturated rings. The van der Waals surface area contributed by atoms with Gasteiger partial charge in [0.2, 0.25) is 0 Å². The van der Waals surface area contributed by atoms with Crippen LogP contribution in [0.4, 0.5) is 0 Å². The van der Waals surface area contributed by atoms with Gasteiger partial charge in [0.25, 0.3) is 0 Å². The van der Waals surface area contributed by atoms with Crippen molar-refractivity contribution in [1.29, 1.82) is 0 Å². The monoisotopic (exact) mass is 293 g/mol. The van der Waals surface area contributed by atoms with E-state index >= 15 is 0 Å². The Morgan fingerprint density at radius 2 is 1.25 bits per heavy atom. The van der Waals surface area contributed by atoms with Crippen LogP contribution in [-0.2, 0) is 19.1 Å². The summed E-state index contributed by atoms with van der Waals surface area (Å²) in [5.41, 5.74) is -1.30. The summed E-state index contributed by atoms with van der Waals surface area (Å²) in [6.07, 6.45) is 0.0266. The first-order valence-corrected chi connectivity index (χ1v) is 6.21. The first kappa shape index (κ1) is 18.8. The third-order valence-electron chi connectivity index (χ3n) is 3.18. The van der Waals surface area contributed by atoms with E-state index in [4.69, 9.17) is 0 Å². The molecule has 0 bridgehead atoms. The van der Waals surface area contributed by atoms with Crippen LogP contribution in [0.3, 0.4) is 0 Å².